The third-order valence-electron chi connectivity index (χ3n) is 7.91. The van der Waals surface area contributed by atoms with Gasteiger partial charge in [-0.1, -0.05) is 44.2 Å². The monoisotopic (exact) mass is 644 g/mol. The van der Waals surface area contributed by atoms with Gasteiger partial charge >= 0.3 is 0 Å². The fourth-order valence-corrected chi connectivity index (χ4v) is 5.49. The molecule has 2 atom stereocenters. The highest BCUT2D eigenvalue weighted by Crippen LogP contribution is 2.20. The Labute approximate surface area is 272 Å². The van der Waals surface area contributed by atoms with Gasteiger partial charge in [0.25, 0.3) is 0 Å². The molecule has 47 heavy (non-hydrogen) atoms. The largest absolute Gasteiger partial charge is 0.345 e. The zero-order chi connectivity index (χ0) is 33.3. The summed E-state index contributed by atoms with van der Waals surface area (Å²) in [5, 5.41) is 23.2. The van der Waals surface area contributed by atoms with Crippen molar-refractivity contribution in [3.8, 4) is 22.8 Å². The number of rotatable bonds is 8. The highest BCUT2D eigenvalue weighted by Gasteiger charge is 2.27. The number of amides is 3. The van der Waals surface area contributed by atoms with E-state index in [0.29, 0.717) is 68.5 Å². The summed E-state index contributed by atoms with van der Waals surface area (Å²) >= 11 is 0. The van der Waals surface area contributed by atoms with Crippen molar-refractivity contribution >= 4 is 17.7 Å². The van der Waals surface area contributed by atoms with Gasteiger partial charge in [-0.2, -0.15) is 9.90 Å². The minimum absolute atomic E-state index is 0.0691. The lowest BCUT2D eigenvalue weighted by Gasteiger charge is -2.26. The summed E-state index contributed by atoms with van der Waals surface area (Å²) in [6, 6.07) is 14.2. The Balaban J connectivity index is 1.31. The van der Waals surface area contributed by atoms with Crippen molar-refractivity contribution in [1.82, 2.24) is 50.5 Å². The molecule has 0 saturated heterocycles. The minimum atomic E-state index is -0.690. The number of aryl methyl sites for hydroxylation is 1. The summed E-state index contributed by atoms with van der Waals surface area (Å²) < 4.78 is 15.0. The van der Waals surface area contributed by atoms with E-state index in [9.17, 15) is 18.8 Å². The number of nitrogens with zero attached hydrogens (tertiary/aromatic N) is 8. The number of hydrogen-bond acceptors (Lipinski definition) is 8. The van der Waals surface area contributed by atoms with Gasteiger partial charge in [-0.15, -0.1) is 10.2 Å². The highest BCUT2D eigenvalue weighted by atomic mass is 19.1. The Hall–Kier alpha value is -5.01. The Morgan fingerprint density at radius 2 is 1.70 bits per heavy atom. The summed E-state index contributed by atoms with van der Waals surface area (Å²) in [6.45, 7) is 7.29. The number of hydrogen-bond donors (Lipinski definition) is 2. The molecule has 0 unspecified atom stereocenters. The van der Waals surface area contributed by atoms with Crippen LogP contribution >= 0.6 is 0 Å². The molecule has 13 nitrogen and oxygen atoms in total. The summed E-state index contributed by atoms with van der Waals surface area (Å²) in [4.78, 5) is 47.7. The fourth-order valence-electron chi connectivity index (χ4n) is 5.49. The third-order valence-corrected chi connectivity index (χ3v) is 7.91. The average molecular weight is 645 g/mol. The summed E-state index contributed by atoms with van der Waals surface area (Å²) in [5.41, 5.74) is 1.49. The maximum atomic E-state index is 13.5. The van der Waals surface area contributed by atoms with Crippen LogP contribution in [-0.2, 0) is 27.5 Å². The molecule has 0 spiro atoms. The smallest absolute Gasteiger partial charge is 0.243 e. The maximum absolute atomic E-state index is 13.5. The molecule has 2 N–H and O–H groups in total. The van der Waals surface area contributed by atoms with Crippen LogP contribution in [0, 0.1) is 11.7 Å². The van der Waals surface area contributed by atoms with Gasteiger partial charge in [-0.25, -0.2) is 14.1 Å². The van der Waals surface area contributed by atoms with Crippen LogP contribution in [0.25, 0.3) is 22.8 Å². The van der Waals surface area contributed by atoms with Gasteiger partial charge in [-0.3, -0.25) is 14.4 Å². The Morgan fingerprint density at radius 3 is 2.45 bits per heavy atom. The molecular weight excluding hydrogens is 603 g/mol. The van der Waals surface area contributed by atoms with E-state index in [0.717, 1.165) is 5.56 Å². The SMILES string of the molecule is CC(C)C[C@H]1NC(=O)CCCN(C(=O)CCCn2nnc(-c3ccc(F)cc3)n2)CCn2nc(-c3ccccc3)nc2[C@@H](C)NC1=O. The van der Waals surface area contributed by atoms with Crippen LogP contribution in [0.2, 0.25) is 0 Å². The molecule has 0 radical (unpaired) electrons. The summed E-state index contributed by atoms with van der Waals surface area (Å²) in [6.07, 6.45) is 1.82. The van der Waals surface area contributed by atoms with Crippen molar-refractivity contribution in [3.63, 3.8) is 0 Å². The van der Waals surface area contributed by atoms with Gasteiger partial charge in [0.15, 0.2) is 5.82 Å². The molecule has 0 aliphatic carbocycles. The van der Waals surface area contributed by atoms with E-state index >= 15 is 0 Å². The van der Waals surface area contributed by atoms with Gasteiger partial charge in [0, 0.05) is 37.1 Å². The number of aromatic nitrogens is 7. The lowest BCUT2D eigenvalue weighted by atomic mass is 10.0. The van der Waals surface area contributed by atoms with Crippen molar-refractivity contribution in [1.29, 1.82) is 0 Å². The number of benzene rings is 2. The predicted octanol–water partition coefficient (Wildman–Crippen LogP) is 3.55. The van der Waals surface area contributed by atoms with Crippen LogP contribution in [0.4, 0.5) is 4.39 Å². The van der Waals surface area contributed by atoms with Crippen molar-refractivity contribution in [3.05, 3.63) is 66.2 Å². The van der Waals surface area contributed by atoms with Crippen LogP contribution in [0.1, 0.15) is 64.7 Å². The first-order chi connectivity index (χ1) is 22.7. The Morgan fingerprint density at radius 1 is 0.957 bits per heavy atom. The van der Waals surface area contributed by atoms with Crippen molar-refractivity contribution in [2.75, 3.05) is 13.1 Å². The molecule has 3 amide bonds. The second-order valence-corrected chi connectivity index (χ2v) is 12.2. The third kappa shape index (κ3) is 9.05. The number of carbonyl (C=O) groups excluding carboxylic acids is 3. The standard InChI is InChI=1S/C33H41FN10O3/c1-22(2)21-27-33(47)35-23(3)32-37-30(24-9-5-4-6-10-24)39-43(32)20-19-42(17-7-11-28(45)36-27)29(46)12-8-18-44-40-31(38-41-44)25-13-15-26(34)16-14-25/h4-6,9-10,13-16,22-23,27H,7-8,11-12,17-21H2,1-3H3,(H,35,47)(H,36,45)/t23-,27-/m1/s1. The molecule has 3 heterocycles. The predicted molar refractivity (Wildman–Crippen MR) is 172 cm³/mol. The fraction of sp³-hybridized carbons (Fsp3) is 0.455. The molecule has 14 heteroatoms. The molecule has 1 aliphatic heterocycles. The molecule has 0 fully saturated rings. The summed E-state index contributed by atoms with van der Waals surface area (Å²) in [5.74, 6) is 0.735. The van der Waals surface area contributed by atoms with Crippen LogP contribution in [0.3, 0.4) is 0 Å². The van der Waals surface area contributed by atoms with Crippen LogP contribution < -0.4 is 10.6 Å². The number of nitrogens with one attached hydrogen (secondary N) is 2. The minimum Gasteiger partial charge on any atom is -0.345 e. The van der Waals surface area contributed by atoms with Gasteiger partial charge in [-0.05, 0) is 61.6 Å². The molecule has 1 aliphatic rings. The second-order valence-electron chi connectivity index (χ2n) is 12.2. The van der Waals surface area contributed by atoms with E-state index in [1.807, 2.05) is 51.1 Å². The average Bonchev–Trinajstić information content (AvgIpc) is 3.70. The normalized spacial score (nSPS) is 17.9. The lowest BCUT2D eigenvalue weighted by molar-refractivity contribution is -0.132. The maximum Gasteiger partial charge on any atom is 0.243 e. The van der Waals surface area contributed by atoms with E-state index in [2.05, 4.69) is 26.0 Å². The van der Waals surface area contributed by atoms with Gasteiger partial charge in [0.05, 0.1) is 19.1 Å². The molecule has 2 aromatic heterocycles. The molecule has 5 rings (SSSR count). The number of carbonyl (C=O) groups is 3. The van der Waals surface area contributed by atoms with Gasteiger partial charge < -0.3 is 15.5 Å². The van der Waals surface area contributed by atoms with E-state index in [4.69, 9.17) is 10.1 Å². The Kier molecular flexibility index (Phi) is 11.0. The van der Waals surface area contributed by atoms with Crippen molar-refractivity contribution in [2.45, 2.75) is 78.0 Å². The van der Waals surface area contributed by atoms with Gasteiger partial charge in [0.2, 0.25) is 23.5 Å². The second kappa shape index (κ2) is 15.5. The van der Waals surface area contributed by atoms with E-state index in [1.54, 1.807) is 21.7 Å². The van der Waals surface area contributed by atoms with E-state index < -0.39 is 12.1 Å². The molecular formula is C33H41FN10O3. The van der Waals surface area contributed by atoms with Crippen LogP contribution in [0.15, 0.2) is 54.6 Å². The molecule has 248 valence electrons. The highest BCUT2D eigenvalue weighted by molar-refractivity contribution is 5.87. The topological polar surface area (TPSA) is 153 Å². The lowest BCUT2D eigenvalue weighted by Crippen LogP contribution is -2.48. The van der Waals surface area contributed by atoms with Crippen LogP contribution in [-0.4, -0.2) is 76.7 Å². The summed E-state index contributed by atoms with van der Waals surface area (Å²) in [7, 11) is 0. The first-order valence-corrected chi connectivity index (χ1v) is 16.1. The quantitative estimate of drug-likeness (QED) is 0.296. The van der Waals surface area contributed by atoms with Gasteiger partial charge in [0.1, 0.15) is 17.7 Å². The molecule has 2 aromatic carbocycles. The van der Waals surface area contributed by atoms with Crippen LogP contribution in [0.5, 0.6) is 0 Å². The van der Waals surface area contributed by atoms with Crippen molar-refractivity contribution < 1.29 is 18.8 Å². The molecule has 4 aromatic rings. The molecule has 0 bridgehead atoms. The molecule has 0 saturated carbocycles. The Bertz CT molecular complexity index is 1650. The van der Waals surface area contributed by atoms with E-state index in [-0.39, 0.29) is 42.3 Å². The van der Waals surface area contributed by atoms with Crippen molar-refractivity contribution in [2.24, 2.45) is 5.92 Å². The number of halogens is 1. The number of fused-ring (bicyclic) bond motifs is 1. The van der Waals surface area contributed by atoms with E-state index in [1.165, 1.54) is 16.9 Å². The first kappa shape index (κ1) is 33.4. The first-order valence-electron chi connectivity index (χ1n) is 16.1. The number of tetrazole rings is 1. The zero-order valence-electron chi connectivity index (χ0n) is 27.0. The zero-order valence-corrected chi connectivity index (χ0v) is 27.0.